The van der Waals surface area contributed by atoms with Crippen LogP contribution in [-0.4, -0.2) is 29.3 Å². The fourth-order valence-electron chi connectivity index (χ4n) is 1.59. The van der Waals surface area contributed by atoms with E-state index < -0.39 is 6.10 Å². The molecular formula is C13H17NO3. The lowest BCUT2D eigenvalue weighted by molar-refractivity contribution is -0.128. The quantitative estimate of drug-likeness (QED) is 0.803. The van der Waals surface area contributed by atoms with Gasteiger partial charge < -0.3 is 15.2 Å². The predicted molar refractivity (Wildman–Crippen MR) is 63.7 cm³/mol. The minimum absolute atomic E-state index is 0.00318. The summed E-state index contributed by atoms with van der Waals surface area (Å²) in [4.78, 5) is 11.8. The number of benzene rings is 1. The molecule has 1 aliphatic rings. The van der Waals surface area contributed by atoms with Gasteiger partial charge in [0.2, 0.25) is 0 Å². The molecule has 2 rings (SSSR count). The van der Waals surface area contributed by atoms with Crippen molar-refractivity contribution < 1.29 is 14.6 Å². The number of carbonyl (C=O) groups is 1. The third kappa shape index (κ3) is 2.97. The summed E-state index contributed by atoms with van der Waals surface area (Å²) in [6.45, 7) is 1.70. The lowest BCUT2D eigenvalue weighted by Crippen LogP contribution is -2.45. The molecule has 1 amide bonds. The molecule has 1 aromatic rings. The number of amides is 1. The standard InChI is InChI=1S/C13H17NO3/c1-10(17-11-5-3-2-4-6-11)12(16)14-13(9-15)7-8-13/h2-6,10,15H,7-9H2,1H3,(H,14,16). The van der Waals surface area contributed by atoms with Crippen LogP contribution in [0.15, 0.2) is 30.3 Å². The highest BCUT2D eigenvalue weighted by Crippen LogP contribution is 2.34. The Labute approximate surface area is 101 Å². The van der Waals surface area contributed by atoms with Crippen LogP contribution in [0.5, 0.6) is 5.75 Å². The molecule has 0 radical (unpaired) electrons. The SMILES string of the molecule is CC(Oc1ccccc1)C(=O)NC1(CO)CC1. The van der Waals surface area contributed by atoms with E-state index in [1.807, 2.05) is 30.3 Å². The minimum atomic E-state index is -0.554. The van der Waals surface area contributed by atoms with E-state index in [0.717, 1.165) is 12.8 Å². The molecule has 92 valence electrons. The Kier molecular flexibility index (Phi) is 3.33. The summed E-state index contributed by atoms with van der Waals surface area (Å²) in [7, 11) is 0. The van der Waals surface area contributed by atoms with E-state index in [-0.39, 0.29) is 18.1 Å². The molecule has 0 aromatic heterocycles. The second kappa shape index (κ2) is 4.75. The molecule has 1 unspecified atom stereocenters. The lowest BCUT2D eigenvalue weighted by atomic mass is 10.2. The van der Waals surface area contributed by atoms with E-state index in [9.17, 15) is 4.79 Å². The monoisotopic (exact) mass is 235 g/mol. The average molecular weight is 235 g/mol. The molecule has 1 atom stereocenters. The lowest BCUT2D eigenvalue weighted by Gasteiger charge is -2.19. The number of para-hydroxylation sites is 1. The van der Waals surface area contributed by atoms with Gasteiger partial charge in [0.15, 0.2) is 6.10 Å². The summed E-state index contributed by atoms with van der Waals surface area (Å²) in [5.41, 5.74) is -0.384. The number of rotatable bonds is 5. The molecule has 0 saturated heterocycles. The Balaban J connectivity index is 1.87. The highest BCUT2D eigenvalue weighted by atomic mass is 16.5. The molecule has 17 heavy (non-hydrogen) atoms. The van der Waals surface area contributed by atoms with Crippen molar-refractivity contribution in [2.45, 2.75) is 31.4 Å². The molecule has 0 spiro atoms. The summed E-state index contributed by atoms with van der Waals surface area (Å²) >= 11 is 0. The van der Waals surface area contributed by atoms with Crippen LogP contribution in [0.3, 0.4) is 0 Å². The number of aliphatic hydroxyl groups excluding tert-OH is 1. The first-order valence-corrected chi connectivity index (χ1v) is 5.80. The van der Waals surface area contributed by atoms with Crippen molar-refractivity contribution in [2.24, 2.45) is 0 Å². The summed E-state index contributed by atoms with van der Waals surface area (Å²) < 4.78 is 5.50. The maximum absolute atomic E-state index is 11.8. The smallest absolute Gasteiger partial charge is 0.261 e. The maximum Gasteiger partial charge on any atom is 0.261 e. The van der Waals surface area contributed by atoms with Gasteiger partial charge in [-0.2, -0.15) is 0 Å². The van der Waals surface area contributed by atoms with Gasteiger partial charge in [-0.05, 0) is 31.9 Å². The molecule has 1 fully saturated rings. The average Bonchev–Trinajstić information content (AvgIpc) is 3.11. The van der Waals surface area contributed by atoms with E-state index in [1.54, 1.807) is 6.92 Å². The van der Waals surface area contributed by atoms with Gasteiger partial charge >= 0.3 is 0 Å². The van der Waals surface area contributed by atoms with E-state index in [2.05, 4.69) is 5.32 Å². The maximum atomic E-state index is 11.8. The highest BCUT2D eigenvalue weighted by molar-refractivity contribution is 5.81. The number of carbonyl (C=O) groups excluding carboxylic acids is 1. The van der Waals surface area contributed by atoms with Gasteiger partial charge in [-0.3, -0.25) is 4.79 Å². The van der Waals surface area contributed by atoms with Crippen LogP contribution < -0.4 is 10.1 Å². The first-order valence-electron chi connectivity index (χ1n) is 5.80. The minimum Gasteiger partial charge on any atom is -0.481 e. The van der Waals surface area contributed by atoms with Gasteiger partial charge in [-0.1, -0.05) is 18.2 Å². The topological polar surface area (TPSA) is 58.6 Å². The molecular weight excluding hydrogens is 218 g/mol. The Bertz CT molecular complexity index is 387. The van der Waals surface area contributed by atoms with Crippen molar-refractivity contribution in [1.82, 2.24) is 5.32 Å². The third-order valence-electron chi connectivity index (χ3n) is 2.97. The van der Waals surface area contributed by atoms with Crippen LogP contribution in [0, 0.1) is 0 Å². The molecule has 1 saturated carbocycles. The number of nitrogens with one attached hydrogen (secondary N) is 1. The first-order chi connectivity index (χ1) is 8.15. The van der Waals surface area contributed by atoms with Crippen LogP contribution in [-0.2, 0) is 4.79 Å². The fraction of sp³-hybridized carbons (Fsp3) is 0.462. The van der Waals surface area contributed by atoms with E-state index in [4.69, 9.17) is 9.84 Å². The van der Waals surface area contributed by atoms with E-state index in [1.165, 1.54) is 0 Å². The Morgan fingerprint density at radius 3 is 2.65 bits per heavy atom. The van der Waals surface area contributed by atoms with Crippen molar-refractivity contribution in [3.63, 3.8) is 0 Å². The number of ether oxygens (including phenoxy) is 1. The van der Waals surface area contributed by atoms with Crippen LogP contribution in [0.2, 0.25) is 0 Å². The number of hydrogen-bond acceptors (Lipinski definition) is 3. The van der Waals surface area contributed by atoms with Crippen LogP contribution >= 0.6 is 0 Å². The van der Waals surface area contributed by atoms with Gasteiger partial charge in [0, 0.05) is 0 Å². The Morgan fingerprint density at radius 2 is 2.12 bits per heavy atom. The molecule has 0 bridgehead atoms. The molecule has 4 nitrogen and oxygen atoms in total. The van der Waals surface area contributed by atoms with E-state index >= 15 is 0 Å². The summed E-state index contributed by atoms with van der Waals surface area (Å²) in [6.07, 6.45) is 1.13. The zero-order chi connectivity index (χ0) is 12.3. The number of aliphatic hydroxyl groups is 1. The second-order valence-corrected chi connectivity index (χ2v) is 4.50. The van der Waals surface area contributed by atoms with Gasteiger partial charge in [0.1, 0.15) is 5.75 Å². The van der Waals surface area contributed by atoms with E-state index in [0.29, 0.717) is 5.75 Å². The summed E-state index contributed by atoms with van der Waals surface area (Å²) in [5.74, 6) is 0.490. The van der Waals surface area contributed by atoms with Crippen LogP contribution in [0.25, 0.3) is 0 Å². The van der Waals surface area contributed by atoms with Crippen molar-refractivity contribution in [1.29, 1.82) is 0 Å². The van der Waals surface area contributed by atoms with Crippen molar-refractivity contribution in [3.05, 3.63) is 30.3 Å². The summed E-state index contributed by atoms with van der Waals surface area (Å²) in [5, 5.41) is 11.9. The van der Waals surface area contributed by atoms with Gasteiger partial charge in [0.25, 0.3) is 5.91 Å². The normalized spacial score (nSPS) is 18.2. The Hall–Kier alpha value is -1.55. The fourth-order valence-corrected chi connectivity index (χ4v) is 1.59. The molecule has 2 N–H and O–H groups in total. The van der Waals surface area contributed by atoms with Crippen molar-refractivity contribution >= 4 is 5.91 Å². The predicted octanol–water partition coefficient (Wildman–Crippen LogP) is 1.09. The van der Waals surface area contributed by atoms with Gasteiger partial charge in [-0.15, -0.1) is 0 Å². The molecule has 0 aliphatic heterocycles. The third-order valence-corrected chi connectivity index (χ3v) is 2.97. The van der Waals surface area contributed by atoms with Gasteiger partial charge in [-0.25, -0.2) is 0 Å². The highest BCUT2D eigenvalue weighted by Gasteiger charge is 2.44. The zero-order valence-corrected chi connectivity index (χ0v) is 9.85. The van der Waals surface area contributed by atoms with Gasteiger partial charge in [0.05, 0.1) is 12.1 Å². The summed E-state index contributed by atoms with van der Waals surface area (Å²) in [6, 6.07) is 9.22. The Morgan fingerprint density at radius 1 is 1.47 bits per heavy atom. The molecule has 1 aromatic carbocycles. The molecule has 1 aliphatic carbocycles. The first kappa shape index (κ1) is 11.9. The van der Waals surface area contributed by atoms with Crippen LogP contribution in [0.4, 0.5) is 0 Å². The number of hydrogen-bond donors (Lipinski definition) is 2. The molecule has 4 heteroatoms. The van der Waals surface area contributed by atoms with Crippen molar-refractivity contribution in [2.75, 3.05) is 6.61 Å². The second-order valence-electron chi connectivity index (χ2n) is 4.50. The van der Waals surface area contributed by atoms with Crippen molar-refractivity contribution in [3.8, 4) is 5.75 Å². The largest absolute Gasteiger partial charge is 0.481 e. The molecule has 0 heterocycles. The van der Waals surface area contributed by atoms with Crippen LogP contribution in [0.1, 0.15) is 19.8 Å². The zero-order valence-electron chi connectivity index (χ0n) is 9.85.